The predicted molar refractivity (Wildman–Crippen MR) is 44.7 cm³/mol. The third-order valence-corrected chi connectivity index (χ3v) is 1.61. The first-order valence-corrected chi connectivity index (χ1v) is 3.61. The van der Waals surface area contributed by atoms with E-state index in [1.54, 1.807) is 0 Å². The van der Waals surface area contributed by atoms with Gasteiger partial charge < -0.3 is 5.11 Å². The minimum atomic E-state index is -1.22. The highest BCUT2D eigenvalue weighted by molar-refractivity contribution is 5.95. The Morgan fingerprint density at radius 3 is 2.57 bits per heavy atom. The van der Waals surface area contributed by atoms with E-state index in [-0.39, 0.29) is 0 Å². The van der Waals surface area contributed by atoms with Crippen molar-refractivity contribution in [3.63, 3.8) is 0 Å². The lowest BCUT2D eigenvalue weighted by molar-refractivity contribution is -0.387. The molecule has 0 atom stereocenters. The fourth-order valence-corrected chi connectivity index (χ4v) is 0.983. The normalized spacial score (nSPS) is 9.86. The number of rotatable bonds is 2. The number of phenols is 1. The monoisotopic (exact) mass is 199 g/mol. The summed E-state index contributed by atoms with van der Waals surface area (Å²) >= 11 is 0. The van der Waals surface area contributed by atoms with Crippen LogP contribution in [0.1, 0.15) is 17.3 Å². The molecule has 14 heavy (non-hydrogen) atoms. The van der Waals surface area contributed by atoms with Crippen molar-refractivity contribution in [3.8, 4) is 5.75 Å². The number of phenolic OH excluding ortho intramolecular Hbond substituents is 1. The third kappa shape index (κ3) is 1.68. The maximum absolute atomic E-state index is 13.2. The van der Waals surface area contributed by atoms with Crippen molar-refractivity contribution in [2.24, 2.45) is 0 Å². The van der Waals surface area contributed by atoms with Gasteiger partial charge >= 0.3 is 5.69 Å². The largest absolute Gasteiger partial charge is 0.508 e. The minimum Gasteiger partial charge on any atom is -0.508 e. The van der Waals surface area contributed by atoms with Crippen LogP contribution in [0, 0.1) is 15.9 Å². The van der Waals surface area contributed by atoms with Crippen LogP contribution < -0.4 is 0 Å². The summed E-state index contributed by atoms with van der Waals surface area (Å²) < 4.78 is 13.2. The van der Waals surface area contributed by atoms with E-state index in [1.165, 1.54) is 0 Å². The van der Waals surface area contributed by atoms with Crippen LogP contribution in [-0.2, 0) is 0 Å². The highest BCUT2D eigenvalue weighted by Gasteiger charge is 2.21. The Kier molecular flexibility index (Phi) is 2.46. The van der Waals surface area contributed by atoms with Gasteiger partial charge in [0, 0.05) is 0 Å². The SMILES string of the molecule is CC(=O)c1cc(O)cc([N+](=O)[O-])c1F. The molecule has 74 valence electrons. The van der Waals surface area contributed by atoms with Gasteiger partial charge in [-0.3, -0.25) is 14.9 Å². The molecule has 1 N–H and O–H groups in total. The summed E-state index contributed by atoms with van der Waals surface area (Å²) in [6, 6.07) is 1.51. The van der Waals surface area contributed by atoms with Crippen LogP contribution in [0.15, 0.2) is 12.1 Å². The van der Waals surface area contributed by atoms with Crippen molar-refractivity contribution in [2.45, 2.75) is 6.92 Å². The number of ketones is 1. The second-order valence-electron chi connectivity index (χ2n) is 2.64. The first-order valence-electron chi connectivity index (χ1n) is 3.61. The number of Topliss-reactive ketones (excluding diaryl/α,β-unsaturated/α-hetero) is 1. The molecular formula is C8H6FNO4. The van der Waals surface area contributed by atoms with E-state index < -0.39 is 33.5 Å². The van der Waals surface area contributed by atoms with Crippen molar-refractivity contribution >= 4 is 11.5 Å². The number of hydrogen-bond donors (Lipinski definition) is 1. The molecule has 0 aliphatic carbocycles. The average Bonchev–Trinajstić information content (AvgIpc) is 2.07. The van der Waals surface area contributed by atoms with Gasteiger partial charge in [0.15, 0.2) is 5.78 Å². The number of carbonyl (C=O) groups is 1. The molecule has 0 saturated carbocycles. The van der Waals surface area contributed by atoms with E-state index in [1.807, 2.05) is 0 Å². The molecule has 5 nitrogen and oxygen atoms in total. The molecule has 0 amide bonds. The summed E-state index contributed by atoms with van der Waals surface area (Å²) in [4.78, 5) is 20.1. The van der Waals surface area contributed by atoms with Crippen LogP contribution in [0.2, 0.25) is 0 Å². The molecule has 0 aromatic heterocycles. The lowest BCUT2D eigenvalue weighted by atomic mass is 10.1. The van der Waals surface area contributed by atoms with E-state index in [0.29, 0.717) is 6.07 Å². The molecule has 0 saturated heterocycles. The summed E-state index contributed by atoms with van der Waals surface area (Å²) in [5.41, 5.74) is -1.40. The number of hydrogen-bond acceptors (Lipinski definition) is 4. The zero-order chi connectivity index (χ0) is 10.9. The second kappa shape index (κ2) is 3.41. The quantitative estimate of drug-likeness (QED) is 0.446. The molecule has 1 rings (SSSR count). The van der Waals surface area contributed by atoms with E-state index >= 15 is 0 Å². The van der Waals surface area contributed by atoms with Gasteiger partial charge in [-0.25, -0.2) is 0 Å². The summed E-state index contributed by atoms with van der Waals surface area (Å²) in [5, 5.41) is 19.3. The van der Waals surface area contributed by atoms with Gasteiger partial charge in [-0.05, 0) is 13.0 Å². The van der Waals surface area contributed by atoms with E-state index in [2.05, 4.69) is 0 Å². The lowest BCUT2D eigenvalue weighted by Crippen LogP contribution is -2.01. The molecule has 1 aromatic rings. The van der Waals surface area contributed by atoms with E-state index in [4.69, 9.17) is 5.11 Å². The summed E-state index contributed by atoms with van der Waals surface area (Å²) in [7, 11) is 0. The molecule has 0 radical (unpaired) electrons. The van der Waals surface area contributed by atoms with Gasteiger partial charge in [0.1, 0.15) is 5.75 Å². The molecule has 0 spiro atoms. The number of nitro groups is 1. The fourth-order valence-electron chi connectivity index (χ4n) is 0.983. The molecule has 0 heterocycles. The first-order chi connectivity index (χ1) is 6.43. The van der Waals surface area contributed by atoms with Crippen molar-refractivity contribution in [2.75, 3.05) is 0 Å². The smallest absolute Gasteiger partial charge is 0.309 e. The van der Waals surface area contributed by atoms with Gasteiger partial charge in [-0.1, -0.05) is 0 Å². The van der Waals surface area contributed by atoms with Gasteiger partial charge in [0.05, 0.1) is 16.6 Å². The zero-order valence-corrected chi connectivity index (χ0v) is 7.15. The van der Waals surface area contributed by atoms with Crippen LogP contribution in [0.25, 0.3) is 0 Å². The number of halogens is 1. The molecular weight excluding hydrogens is 193 g/mol. The lowest BCUT2D eigenvalue weighted by Gasteiger charge is -2.00. The van der Waals surface area contributed by atoms with Crippen LogP contribution in [0.5, 0.6) is 5.75 Å². The Balaban J connectivity index is 3.47. The minimum absolute atomic E-state index is 0.489. The maximum Gasteiger partial charge on any atom is 0.309 e. The van der Waals surface area contributed by atoms with Crippen molar-refractivity contribution in [1.29, 1.82) is 0 Å². The Labute approximate surface area is 77.9 Å². The van der Waals surface area contributed by atoms with Gasteiger partial charge in [-0.2, -0.15) is 4.39 Å². The highest BCUT2D eigenvalue weighted by atomic mass is 19.1. The number of nitrogens with zero attached hydrogens (tertiary/aromatic N) is 1. The van der Waals surface area contributed by atoms with E-state index in [9.17, 15) is 19.3 Å². The van der Waals surface area contributed by atoms with E-state index in [0.717, 1.165) is 13.0 Å². The second-order valence-corrected chi connectivity index (χ2v) is 2.64. The Bertz CT molecular complexity index is 381. The molecule has 0 unspecified atom stereocenters. The summed E-state index contributed by atoms with van der Waals surface area (Å²) in [6.07, 6.45) is 0. The molecule has 1 aromatic carbocycles. The standard InChI is InChI=1S/C8H6FNO4/c1-4(11)6-2-5(12)3-7(8(6)9)10(13)14/h2-3,12H,1H3. The highest BCUT2D eigenvalue weighted by Crippen LogP contribution is 2.26. The summed E-state index contributed by atoms with van der Waals surface area (Å²) in [5.74, 6) is -2.41. The third-order valence-electron chi connectivity index (χ3n) is 1.61. The zero-order valence-electron chi connectivity index (χ0n) is 7.15. The number of nitro benzene ring substituents is 1. The molecule has 0 aliphatic rings. The summed E-state index contributed by atoms with van der Waals surface area (Å²) in [6.45, 7) is 1.06. The number of aromatic hydroxyl groups is 1. The molecule has 0 aliphatic heterocycles. The topological polar surface area (TPSA) is 80.4 Å². The van der Waals surface area contributed by atoms with Crippen molar-refractivity contribution < 1.29 is 19.2 Å². The van der Waals surface area contributed by atoms with Gasteiger partial charge in [0.25, 0.3) is 0 Å². The first kappa shape index (κ1) is 10.1. The fraction of sp³-hybridized carbons (Fsp3) is 0.125. The van der Waals surface area contributed by atoms with Crippen molar-refractivity contribution in [3.05, 3.63) is 33.6 Å². The van der Waals surface area contributed by atoms with Gasteiger partial charge in [-0.15, -0.1) is 0 Å². The predicted octanol–water partition coefficient (Wildman–Crippen LogP) is 1.64. The van der Waals surface area contributed by atoms with Crippen LogP contribution in [0.4, 0.5) is 10.1 Å². The molecule has 0 bridgehead atoms. The van der Waals surface area contributed by atoms with Crippen LogP contribution in [-0.4, -0.2) is 15.8 Å². The van der Waals surface area contributed by atoms with Gasteiger partial charge in [0.2, 0.25) is 5.82 Å². The Morgan fingerprint density at radius 1 is 1.57 bits per heavy atom. The van der Waals surface area contributed by atoms with Crippen molar-refractivity contribution in [1.82, 2.24) is 0 Å². The molecule has 0 fully saturated rings. The Morgan fingerprint density at radius 2 is 2.14 bits per heavy atom. The average molecular weight is 199 g/mol. The molecule has 6 heteroatoms. The van der Waals surface area contributed by atoms with Crippen LogP contribution >= 0.6 is 0 Å². The number of benzene rings is 1. The van der Waals surface area contributed by atoms with Crippen LogP contribution in [0.3, 0.4) is 0 Å². The number of carbonyl (C=O) groups excluding carboxylic acids is 1. The Hall–Kier alpha value is -1.98. The maximum atomic E-state index is 13.2.